The van der Waals surface area contributed by atoms with Crippen LogP contribution in [0.5, 0.6) is 0 Å². The van der Waals surface area contributed by atoms with E-state index >= 15 is 0 Å². The zero-order chi connectivity index (χ0) is 45.5. The van der Waals surface area contributed by atoms with E-state index in [2.05, 4.69) is 241 Å². The Morgan fingerprint density at radius 2 is 1.01 bits per heavy atom. The Balaban J connectivity index is 0.904. The van der Waals surface area contributed by atoms with Crippen molar-refractivity contribution in [2.24, 2.45) is 0 Å². The average molecular weight is 879 g/mol. The van der Waals surface area contributed by atoms with Crippen LogP contribution in [0.3, 0.4) is 0 Å². The highest BCUT2D eigenvalue weighted by atomic mass is 15.0. The molecular formula is C65H42N4. The molecule has 0 spiro atoms. The molecule has 0 N–H and O–H groups in total. The molecule has 0 fully saturated rings. The summed E-state index contributed by atoms with van der Waals surface area (Å²) in [7, 11) is 0. The molecule has 69 heavy (non-hydrogen) atoms. The molecular weight excluding hydrogens is 837 g/mol. The van der Waals surface area contributed by atoms with Crippen molar-refractivity contribution in [3.8, 4) is 45.1 Å². The van der Waals surface area contributed by atoms with Crippen molar-refractivity contribution in [2.75, 3.05) is 0 Å². The van der Waals surface area contributed by atoms with Gasteiger partial charge >= 0.3 is 0 Å². The zero-order valence-corrected chi connectivity index (χ0v) is 38.1. The Morgan fingerprint density at radius 1 is 0.362 bits per heavy atom. The molecule has 0 radical (unpaired) electrons. The zero-order valence-electron chi connectivity index (χ0n) is 38.1. The van der Waals surface area contributed by atoms with Gasteiger partial charge in [0.25, 0.3) is 0 Å². The fraction of sp³-hybridized carbons (Fsp3) is 0.0462. The molecule has 322 valence electrons. The first-order chi connectivity index (χ1) is 34.0. The molecule has 0 amide bonds. The molecule has 3 aromatic heterocycles. The van der Waals surface area contributed by atoms with Gasteiger partial charge in [0, 0.05) is 59.9 Å². The lowest BCUT2D eigenvalue weighted by atomic mass is 9.82. The summed E-state index contributed by atoms with van der Waals surface area (Å²) < 4.78 is 4.92. The largest absolute Gasteiger partial charge is 0.309 e. The van der Waals surface area contributed by atoms with E-state index in [4.69, 9.17) is 9.97 Å². The maximum Gasteiger partial charge on any atom is 0.161 e. The average Bonchev–Trinajstić information content (AvgIpc) is 3.99. The van der Waals surface area contributed by atoms with Gasteiger partial charge in [0.2, 0.25) is 0 Å². The maximum absolute atomic E-state index is 5.49. The lowest BCUT2D eigenvalue weighted by molar-refractivity contribution is 0.660. The van der Waals surface area contributed by atoms with E-state index < -0.39 is 0 Å². The summed E-state index contributed by atoms with van der Waals surface area (Å²) in [5.41, 5.74) is 16.2. The number of aromatic nitrogens is 4. The van der Waals surface area contributed by atoms with Crippen LogP contribution in [-0.2, 0) is 5.41 Å². The highest BCUT2D eigenvalue weighted by Crippen LogP contribution is 2.50. The van der Waals surface area contributed by atoms with Crippen molar-refractivity contribution in [3.63, 3.8) is 0 Å². The summed E-state index contributed by atoms with van der Waals surface area (Å²) in [4.78, 5) is 10.8. The van der Waals surface area contributed by atoms with Crippen molar-refractivity contribution >= 4 is 86.8 Å². The number of hydrogen-bond donors (Lipinski definition) is 0. The number of hydrogen-bond acceptors (Lipinski definition) is 2. The number of rotatable bonds is 4. The van der Waals surface area contributed by atoms with Gasteiger partial charge in [-0.2, -0.15) is 0 Å². The molecule has 15 rings (SSSR count). The van der Waals surface area contributed by atoms with Gasteiger partial charge in [-0.25, -0.2) is 9.97 Å². The van der Waals surface area contributed by atoms with Gasteiger partial charge in [0.1, 0.15) is 0 Å². The molecule has 0 saturated heterocycles. The van der Waals surface area contributed by atoms with Crippen LogP contribution in [0.15, 0.2) is 218 Å². The van der Waals surface area contributed by atoms with E-state index in [1.165, 1.54) is 87.4 Å². The summed E-state index contributed by atoms with van der Waals surface area (Å²) in [6.07, 6.45) is 0. The Hall–Kier alpha value is -8.86. The lowest BCUT2D eigenvalue weighted by Gasteiger charge is -2.22. The first-order valence-corrected chi connectivity index (χ1v) is 23.9. The quantitative estimate of drug-likeness (QED) is 0.177. The van der Waals surface area contributed by atoms with Crippen LogP contribution < -0.4 is 0 Å². The van der Waals surface area contributed by atoms with E-state index in [0.29, 0.717) is 0 Å². The van der Waals surface area contributed by atoms with Crippen LogP contribution in [0.4, 0.5) is 0 Å². The predicted molar refractivity (Wildman–Crippen MR) is 289 cm³/mol. The van der Waals surface area contributed by atoms with Gasteiger partial charge in [0.15, 0.2) is 5.82 Å². The molecule has 11 aromatic carbocycles. The summed E-state index contributed by atoms with van der Waals surface area (Å²) >= 11 is 0. The lowest BCUT2D eigenvalue weighted by Crippen LogP contribution is -2.15. The summed E-state index contributed by atoms with van der Waals surface area (Å²) in [5.74, 6) is 0.717. The third-order valence-corrected chi connectivity index (χ3v) is 15.3. The van der Waals surface area contributed by atoms with Crippen LogP contribution in [0.2, 0.25) is 0 Å². The molecule has 14 aromatic rings. The monoisotopic (exact) mass is 878 g/mol. The standard InChI is InChI=1S/C65H42N4/c1-65(2)55-23-11-7-18-46(55)47-31-29-41(37-56(47)65)62-53-22-8-12-24-57(53)66-64(67-62)52-33-34-60(48-19-6-5-17-45(48)52)69-59-26-14-10-21-50(59)54-36-42-35-43(30-27-40(42)38-61(54)69)68-58-25-13-9-20-49(58)51-32-28-39-15-3-4-16-44(39)63(51)68/h3-38H,1-2H3. The minimum Gasteiger partial charge on any atom is -0.309 e. The van der Waals surface area contributed by atoms with Gasteiger partial charge in [-0.1, -0.05) is 172 Å². The van der Waals surface area contributed by atoms with Gasteiger partial charge in [-0.05, 0) is 104 Å². The van der Waals surface area contributed by atoms with Crippen LogP contribution in [0.1, 0.15) is 25.0 Å². The normalized spacial score (nSPS) is 13.2. The van der Waals surface area contributed by atoms with Crippen LogP contribution in [-0.4, -0.2) is 19.1 Å². The highest BCUT2D eigenvalue weighted by molar-refractivity contribution is 6.19. The summed E-state index contributed by atoms with van der Waals surface area (Å²) in [6.45, 7) is 4.67. The summed E-state index contributed by atoms with van der Waals surface area (Å²) in [6, 6.07) is 80.1. The predicted octanol–water partition coefficient (Wildman–Crippen LogP) is 16.9. The first-order valence-electron chi connectivity index (χ1n) is 23.9. The van der Waals surface area contributed by atoms with Crippen molar-refractivity contribution < 1.29 is 0 Å². The molecule has 1 aliphatic carbocycles. The summed E-state index contributed by atoms with van der Waals surface area (Å²) in [5, 5.41) is 13.2. The second-order valence-corrected chi connectivity index (χ2v) is 19.3. The van der Waals surface area contributed by atoms with Gasteiger partial charge in [0.05, 0.1) is 39.0 Å². The Kier molecular flexibility index (Phi) is 7.81. The van der Waals surface area contributed by atoms with E-state index in [9.17, 15) is 0 Å². The maximum atomic E-state index is 5.49. The fourth-order valence-corrected chi connectivity index (χ4v) is 12.0. The molecule has 0 saturated carbocycles. The minimum atomic E-state index is -0.120. The second-order valence-electron chi connectivity index (χ2n) is 19.3. The Labute approximate surface area is 398 Å². The molecule has 1 aliphatic rings. The van der Waals surface area contributed by atoms with Crippen LogP contribution in [0.25, 0.3) is 132 Å². The molecule has 4 heteroatoms. The van der Waals surface area contributed by atoms with E-state index in [0.717, 1.165) is 55.7 Å². The molecule has 0 aliphatic heterocycles. The number of para-hydroxylation sites is 3. The van der Waals surface area contributed by atoms with Gasteiger partial charge in [-0.3, -0.25) is 0 Å². The number of fused-ring (bicyclic) bond motifs is 14. The molecule has 3 heterocycles. The molecule has 4 nitrogen and oxygen atoms in total. The van der Waals surface area contributed by atoms with E-state index in [1.807, 2.05) is 0 Å². The Bertz CT molecular complexity index is 4530. The second kappa shape index (κ2) is 14.1. The fourth-order valence-electron chi connectivity index (χ4n) is 12.0. The number of nitrogens with zero attached hydrogens (tertiary/aromatic N) is 4. The highest BCUT2D eigenvalue weighted by Gasteiger charge is 2.35. The van der Waals surface area contributed by atoms with E-state index in [-0.39, 0.29) is 5.41 Å². The van der Waals surface area contributed by atoms with Crippen molar-refractivity contribution in [1.82, 2.24) is 19.1 Å². The van der Waals surface area contributed by atoms with Crippen molar-refractivity contribution in [3.05, 3.63) is 230 Å². The van der Waals surface area contributed by atoms with Crippen molar-refractivity contribution in [2.45, 2.75) is 19.3 Å². The molecule has 0 bridgehead atoms. The van der Waals surface area contributed by atoms with Crippen LogP contribution in [0, 0.1) is 0 Å². The smallest absolute Gasteiger partial charge is 0.161 e. The SMILES string of the molecule is CC1(C)c2ccccc2-c2ccc(-c3nc(-c4ccc(-n5c6ccccc6c6cc7cc(-n8c9ccccc9c9ccc%10ccccc%10c98)ccc7cc65)c5ccccc45)nc4ccccc34)cc21. The topological polar surface area (TPSA) is 35.6 Å². The Morgan fingerprint density at radius 3 is 1.87 bits per heavy atom. The van der Waals surface area contributed by atoms with Gasteiger partial charge in [-0.15, -0.1) is 0 Å². The third kappa shape index (κ3) is 5.40. The minimum absolute atomic E-state index is 0.120. The van der Waals surface area contributed by atoms with E-state index in [1.54, 1.807) is 0 Å². The van der Waals surface area contributed by atoms with Crippen LogP contribution >= 0.6 is 0 Å². The van der Waals surface area contributed by atoms with Gasteiger partial charge < -0.3 is 9.13 Å². The molecule has 0 atom stereocenters. The van der Waals surface area contributed by atoms with Crippen molar-refractivity contribution in [1.29, 1.82) is 0 Å². The third-order valence-electron chi connectivity index (χ3n) is 15.3. The number of benzene rings is 11. The molecule has 0 unspecified atom stereocenters. The first kappa shape index (κ1) is 38.3.